The predicted molar refractivity (Wildman–Crippen MR) is 63.7 cm³/mol. The lowest BCUT2D eigenvalue weighted by Crippen LogP contribution is -2.39. The van der Waals surface area contributed by atoms with Crippen molar-refractivity contribution in [2.24, 2.45) is 23.7 Å². The Labute approximate surface area is 98.6 Å². The van der Waals surface area contributed by atoms with Crippen LogP contribution < -0.4 is 0 Å². The van der Waals surface area contributed by atoms with E-state index >= 15 is 0 Å². The van der Waals surface area contributed by atoms with Crippen LogP contribution in [0.5, 0.6) is 0 Å². The van der Waals surface area contributed by atoms with E-state index in [2.05, 4.69) is 11.0 Å². The molecule has 16 heavy (non-hydrogen) atoms. The first-order valence-electron chi connectivity index (χ1n) is 6.97. The number of rotatable bonds is 2. The lowest BCUT2D eigenvalue weighted by atomic mass is 9.87. The molecule has 88 valence electrons. The summed E-state index contributed by atoms with van der Waals surface area (Å²) in [5.74, 6) is 3.38. The third-order valence-corrected chi connectivity index (χ3v) is 5.07. The van der Waals surface area contributed by atoms with E-state index < -0.39 is 0 Å². The van der Waals surface area contributed by atoms with Gasteiger partial charge in [-0.2, -0.15) is 5.26 Å². The van der Waals surface area contributed by atoms with Crippen molar-refractivity contribution in [3.8, 4) is 6.07 Å². The van der Waals surface area contributed by atoms with Crippen LogP contribution in [-0.4, -0.2) is 24.5 Å². The zero-order valence-electron chi connectivity index (χ0n) is 10.1. The number of hydrogen-bond acceptors (Lipinski definition) is 2. The Morgan fingerprint density at radius 3 is 2.81 bits per heavy atom. The molecule has 3 fully saturated rings. The molecule has 0 aromatic carbocycles. The van der Waals surface area contributed by atoms with Crippen LogP contribution in [0.25, 0.3) is 0 Å². The fraction of sp³-hybridized carbons (Fsp3) is 0.929. The van der Waals surface area contributed by atoms with Crippen LogP contribution in [0.1, 0.15) is 38.5 Å². The summed E-state index contributed by atoms with van der Waals surface area (Å²) in [6, 6.07) is 2.45. The van der Waals surface area contributed by atoms with Gasteiger partial charge in [0.05, 0.1) is 12.0 Å². The average molecular weight is 218 g/mol. The van der Waals surface area contributed by atoms with Crippen LogP contribution >= 0.6 is 0 Å². The van der Waals surface area contributed by atoms with E-state index in [4.69, 9.17) is 5.26 Å². The largest absolute Gasteiger partial charge is 0.302 e. The number of hydrogen-bond donors (Lipinski definition) is 0. The molecule has 0 amide bonds. The number of piperidine rings is 1. The summed E-state index contributed by atoms with van der Waals surface area (Å²) in [5.41, 5.74) is 0. The highest BCUT2D eigenvalue weighted by Crippen LogP contribution is 2.48. The maximum absolute atomic E-state index is 9.00. The van der Waals surface area contributed by atoms with Gasteiger partial charge in [0.1, 0.15) is 0 Å². The molecule has 3 rings (SSSR count). The van der Waals surface area contributed by atoms with Crippen molar-refractivity contribution in [1.29, 1.82) is 5.26 Å². The van der Waals surface area contributed by atoms with E-state index in [0.29, 0.717) is 5.92 Å². The van der Waals surface area contributed by atoms with Crippen molar-refractivity contribution in [3.05, 3.63) is 0 Å². The summed E-state index contributed by atoms with van der Waals surface area (Å²) in [6.45, 7) is 3.58. The first-order valence-corrected chi connectivity index (χ1v) is 6.97. The first-order chi connectivity index (χ1) is 7.85. The number of nitrogens with zero attached hydrogens (tertiary/aromatic N) is 2. The molecule has 1 saturated heterocycles. The van der Waals surface area contributed by atoms with Gasteiger partial charge in [0.15, 0.2) is 0 Å². The highest BCUT2D eigenvalue weighted by atomic mass is 15.1. The van der Waals surface area contributed by atoms with E-state index in [-0.39, 0.29) is 0 Å². The Bertz CT molecular complexity index is 294. The minimum Gasteiger partial charge on any atom is -0.302 e. The smallest absolute Gasteiger partial charge is 0.0669 e. The quantitative estimate of drug-likeness (QED) is 0.712. The molecule has 2 bridgehead atoms. The predicted octanol–water partition coefficient (Wildman–Crippen LogP) is 2.66. The molecule has 4 atom stereocenters. The van der Waals surface area contributed by atoms with Crippen molar-refractivity contribution in [1.82, 2.24) is 4.90 Å². The van der Waals surface area contributed by atoms with Gasteiger partial charge >= 0.3 is 0 Å². The molecule has 2 saturated carbocycles. The second-order valence-electron chi connectivity index (χ2n) is 6.16. The highest BCUT2D eigenvalue weighted by Gasteiger charge is 2.40. The van der Waals surface area contributed by atoms with Crippen molar-refractivity contribution >= 4 is 0 Å². The minimum absolute atomic E-state index is 0.312. The van der Waals surface area contributed by atoms with Gasteiger partial charge < -0.3 is 4.90 Å². The maximum Gasteiger partial charge on any atom is 0.0669 e. The van der Waals surface area contributed by atoms with Crippen molar-refractivity contribution in [3.63, 3.8) is 0 Å². The van der Waals surface area contributed by atoms with Crippen LogP contribution in [-0.2, 0) is 0 Å². The molecule has 0 aromatic rings. The van der Waals surface area contributed by atoms with Gasteiger partial charge in [0.25, 0.3) is 0 Å². The minimum atomic E-state index is 0.312. The van der Waals surface area contributed by atoms with E-state index in [1.54, 1.807) is 0 Å². The fourth-order valence-corrected chi connectivity index (χ4v) is 4.26. The fourth-order valence-electron chi connectivity index (χ4n) is 4.26. The molecule has 0 aromatic heterocycles. The molecule has 0 N–H and O–H groups in total. The Hall–Kier alpha value is -0.550. The average Bonchev–Trinajstić information content (AvgIpc) is 2.91. The van der Waals surface area contributed by atoms with Crippen LogP contribution in [0, 0.1) is 35.0 Å². The maximum atomic E-state index is 9.00. The topological polar surface area (TPSA) is 27.0 Å². The second kappa shape index (κ2) is 4.37. The molecular weight excluding hydrogens is 196 g/mol. The molecule has 1 aliphatic heterocycles. The van der Waals surface area contributed by atoms with Gasteiger partial charge in [-0.15, -0.1) is 0 Å². The molecule has 1 heterocycles. The number of fused-ring (bicyclic) bond motifs is 2. The zero-order chi connectivity index (χ0) is 11.0. The van der Waals surface area contributed by atoms with Gasteiger partial charge in [-0.1, -0.05) is 6.42 Å². The summed E-state index contributed by atoms with van der Waals surface area (Å²) in [6.07, 6.45) is 8.36. The van der Waals surface area contributed by atoms with E-state index in [0.717, 1.165) is 30.7 Å². The zero-order valence-corrected chi connectivity index (χ0v) is 10.1. The molecule has 3 aliphatic rings. The molecule has 2 nitrogen and oxygen atoms in total. The Morgan fingerprint density at radius 2 is 2.12 bits per heavy atom. The summed E-state index contributed by atoms with van der Waals surface area (Å²) in [7, 11) is 0. The van der Waals surface area contributed by atoms with Crippen molar-refractivity contribution in [2.45, 2.75) is 38.5 Å². The monoisotopic (exact) mass is 218 g/mol. The molecular formula is C14H22N2. The van der Waals surface area contributed by atoms with Gasteiger partial charge in [0.2, 0.25) is 0 Å². The highest BCUT2D eigenvalue weighted by molar-refractivity contribution is 4.93. The van der Waals surface area contributed by atoms with Gasteiger partial charge in [0, 0.05) is 13.1 Å². The molecule has 0 spiro atoms. The third kappa shape index (κ3) is 1.98. The molecule has 0 radical (unpaired) electrons. The van der Waals surface area contributed by atoms with Gasteiger partial charge in [-0.3, -0.25) is 0 Å². The number of nitriles is 1. The summed E-state index contributed by atoms with van der Waals surface area (Å²) in [4.78, 5) is 2.57. The van der Waals surface area contributed by atoms with E-state index in [1.165, 1.54) is 45.2 Å². The van der Waals surface area contributed by atoms with E-state index in [9.17, 15) is 0 Å². The standard InChI is InChI=1S/C14H22N2/c15-8-12-2-1-5-16(9-12)10-14-7-11-3-4-13(14)6-11/h11-14H,1-7,9-10H2. The third-order valence-electron chi connectivity index (χ3n) is 5.07. The SMILES string of the molecule is N#CC1CCCN(CC2CC3CCC2C3)C1. The summed E-state index contributed by atoms with van der Waals surface area (Å²) < 4.78 is 0. The number of likely N-dealkylation sites (tertiary alicyclic amines) is 1. The van der Waals surface area contributed by atoms with Crippen molar-refractivity contribution < 1.29 is 0 Å². The second-order valence-corrected chi connectivity index (χ2v) is 6.16. The normalized spacial score (nSPS) is 43.4. The molecule has 4 unspecified atom stereocenters. The van der Waals surface area contributed by atoms with Gasteiger partial charge in [-0.25, -0.2) is 0 Å². The Morgan fingerprint density at radius 1 is 1.19 bits per heavy atom. The Balaban J connectivity index is 1.53. The lowest BCUT2D eigenvalue weighted by Gasteiger charge is -2.34. The summed E-state index contributed by atoms with van der Waals surface area (Å²) >= 11 is 0. The van der Waals surface area contributed by atoms with E-state index in [1.807, 2.05) is 0 Å². The summed E-state index contributed by atoms with van der Waals surface area (Å²) in [5, 5.41) is 9.00. The first kappa shape index (κ1) is 10.6. The van der Waals surface area contributed by atoms with Gasteiger partial charge in [-0.05, 0) is 56.4 Å². The van der Waals surface area contributed by atoms with Crippen LogP contribution in [0.4, 0.5) is 0 Å². The lowest BCUT2D eigenvalue weighted by molar-refractivity contribution is 0.147. The van der Waals surface area contributed by atoms with Crippen LogP contribution in [0.3, 0.4) is 0 Å². The molecule has 2 aliphatic carbocycles. The van der Waals surface area contributed by atoms with Crippen molar-refractivity contribution in [2.75, 3.05) is 19.6 Å². The van der Waals surface area contributed by atoms with Crippen LogP contribution in [0.2, 0.25) is 0 Å². The Kier molecular flexibility index (Phi) is 2.90. The van der Waals surface area contributed by atoms with Crippen LogP contribution in [0.15, 0.2) is 0 Å². The molecule has 2 heteroatoms.